The summed E-state index contributed by atoms with van der Waals surface area (Å²) in [5.74, 6) is 0.803. The molecule has 0 aromatic carbocycles. The molecule has 1 N–H and O–H groups in total. The van der Waals surface area contributed by atoms with Crippen LogP contribution in [0.1, 0.15) is 25.5 Å². The van der Waals surface area contributed by atoms with E-state index in [1.54, 1.807) is 6.92 Å². The van der Waals surface area contributed by atoms with Gasteiger partial charge in [-0.15, -0.1) is 0 Å². The molecule has 1 fully saturated rings. The van der Waals surface area contributed by atoms with Gasteiger partial charge in [0.1, 0.15) is 5.69 Å². The topological polar surface area (TPSA) is 81.0 Å². The van der Waals surface area contributed by atoms with E-state index in [0.29, 0.717) is 5.92 Å². The average Bonchev–Trinajstić information content (AvgIpc) is 2.94. The largest absolute Gasteiger partial charge is 0.361 e. The molecule has 0 spiro atoms. The summed E-state index contributed by atoms with van der Waals surface area (Å²) < 4.78 is 0. The maximum absolute atomic E-state index is 10.9. The molecule has 0 bridgehead atoms. The van der Waals surface area contributed by atoms with Crippen molar-refractivity contribution >= 4 is 23.1 Å². The summed E-state index contributed by atoms with van der Waals surface area (Å²) >= 11 is 5.72. The van der Waals surface area contributed by atoms with Crippen LogP contribution in [0.15, 0.2) is 0 Å². The van der Waals surface area contributed by atoms with Crippen LogP contribution in [0.5, 0.6) is 0 Å². The Morgan fingerprint density at radius 1 is 1.59 bits per heavy atom. The molecule has 2 atom stereocenters. The fourth-order valence-electron chi connectivity index (χ4n) is 1.90. The number of nitrogens with zero attached hydrogens (tertiary/aromatic N) is 3. The molecular weight excluding hydrogens is 244 g/mol. The van der Waals surface area contributed by atoms with Crippen molar-refractivity contribution in [3.05, 3.63) is 21.1 Å². The first kappa shape index (κ1) is 12.0. The second-order valence-corrected chi connectivity index (χ2v) is 4.53. The van der Waals surface area contributed by atoms with Crippen molar-refractivity contribution in [1.82, 2.24) is 9.97 Å². The average molecular weight is 257 g/mol. The molecule has 92 valence electrons. The quantitative estimate of drug-likeness (QED) is 0.509. The monoisotopic (exact) mass is 256 g/mol. The Kier molecular flexibility index (Phi) is 3.15. The van der Waals surface area contributed by atoms with Crippen molar-refractivity contribution in [1.29, 1.82) is 0 Å². The van der Waals surface area contributed by atoms with Gasteiger partial charge < -0.3 is 5.32 Å². The first-order valence-electron chi connectivity index (χ1n) is 5.48. The summed E-state index contributed by atoms with van der Waals surface area (Å²) in [7, 11) is 0. The number of aromatic nitrogens is 2. The minimum atomic E-state index is -0.475. The molecular formula is C10H13ClN4O2. The summed E-state index contributed by atoms with van der Waals surface area (Å²) in [6.45, 7) is 3.65. The smallest absolute Gasteiger partial charge is 0.332 e. The highest BCUT2D eigenvalue weighted by atomic mass is 35.5. The van der Waals surface area contributed by atoms with Crippen molar-refractivity contribution in [2.45, 2.75) is 32.7 Å². The third-order valence-electron chi connectivity index (χ3n) is 2.98. The fraction of sp³-hybridized carbons (Fsp3) is 0.600. The van der Waals surface area contributed by atoms with Crippen LogP contribution in [0.4, 0.5) is 11.5 Å². The van der Waals surface area contributed by atoms with Crippen molar-refractivity contribution in [2.75, 3.05) is 5.32 Å². The zero-order valence-electron chi connectivity index (χ0n) is 9.61. The normalized spacial score (nSPS) is 22.3. The van der Waals surface area contributed by atoms with Crippen LogP contribution in [-0.4, -0.2) is 20.9 Å². The van der Waals surface area contributed by atoms with E-state index in [4.69, 9.17) is 11.6 Å². The number of anilines is 1. The van der Waals surface area contributed by atoms with Crippen LogP contribution >= 0.6 is 11.6 Å². The highest BCUT2D eigenvalue weighted by molar-refractivity contribution is 6.28. The third-order valence-corrected chi connectivity index (χ3v) is 3.15. The van der Waals surface area contributed by atoms with E-state index in [-0.39, 0.29) is 28.5 Å². The number of hydrogen-bond acceptors (Lipinski definition) is 5. The highest BCUT2D eigenvalue weighted by Gasteiger charge is 2.37. The van der Waals surface area contributed by atoms with Crippen LogP contribution in [-0.2, 0) is 0 Å². The van der Waals surface area contributed by atoms with Crippen LogP contribution in [0.3, 0.4) is 0 Å². The lowest BCUT2D eigenvalue weighted by Crippen LogP contribution is -2.10. The van der Waals surface area contributed by atoms with Gasteiger partial charge in [-0.1, -0.05) is 13.3 Å². The molecule has 1 aliphatic carbocycles. The second-order valence-electron chi connectivity index (χ2n) is 4.19. The summed E-state index contributed by atoms with van der Waals surface area (Å²) in [5.41, 5.74) is 0.197. The van der Waals surface area contributed by atoms with Crippen molar-refractivity contribution < 1.29 is 4.92 Å². The van der Waals surface area contributed by atoms with E-state index in [2.05, 4.69) is 22.2 Å². The van der Waals surface area contributed by atoms with Gasteiger partial charge >= 0.3 is 5.69 Å². The van der Waals surface area contributed by atoms with Gasteiger partial charge in [-0.25, -0.2) is 4.98 Å². The molecule has 1 saturated carbocycles. The Labute approximate surface area is 104 Å². The van der Waals surface area contributed by atoms with E-state index < -0.39 is 4.92 Å². The first-order chi connectivity index (χ1) is 8.02. The van der Waals surface area contributed by atoms with Gasteiger partial charge in [0.15, 0.2) is 0 Å². The minimum Gasteiger partial charge on any atom is -0.361 e. The molecule has 0 radical (unpaired) electrons. The van der Waals surface area contributed by atoms with Crippen molar-refractivity contribution in [2.24, 2.45) is 5.92 Å². The predicted octanol–water partition coefficient (Wildman–Crippen LogP) is 2.56. The van der Waals surface area contributed by atoms with E-state index in [1.165, 1.54) is 0 Å². The number of nitrogens with one attached hydrogen (secondary N) is 1. The van der Waals surface area contributed by atoms with E-state index in [0.717, 1.165) is 12.8 Å². The molecule has 1 aromatic heterocycles. The molecule has 2 unspecified atom stereocenters. The van der Waals surface area contributed by atoms with Crippen LogP contribution in [0, 0.1) is 23.0 Å². The zero-order chi connectivity index (χ0) is 12.6. The van der Waals surface area contributed by atoms with Gasteiger partial charge in [0.2, 0.25) is 11.1 Å². The molecule has 17 heavy (non-hydrogen) atoms. The van der Waals surface area contributed by atoms with Crippen LogP contribution < -0.4 is 5.32 Å². The van der Waals surface area contributed by atoms with Gasteiger partial charge in [-0.05, 0) is 30.9 Å². The Morgan fingerprint density at radius 3 is 2.82 bits per heavy atom. The summed E-state index contributed by atoms with van der Waals surface area (Å²) in [4.78, 5) is 18.2. The van der Waals surface area contributed by atoms with Crippen molar-refractivity contribution in [3.8, 4) is 0 Å². The lowest BCUT2D eigenvalue weighted by atomic mass is 10.3. The summed E-state index contributed by atoms with van der Waals surface area (Å²) in [6, 6.07) is 0.268. The van der Waals surface area contributed by atoms with Gasteiger partial charge in [-0.2, -0.15) is 4.98 Å². The molecule has 0 aliphatic heterocycles. The maximum Gasteiger partial charge on any atom is 0.332 e. The zero-order valence-corrected chi connectivity index (χ0v) is 10.4. The molecule has 2 rings (SSSR count). The number of rotatable bonds is 4. The maximum atomic E-state index is 10.9. The van der Waals surface area contributed by atoms with E-state index >= 15 is 0 Å². The lowest BCUT2D eigenvalue weighted by molar-refractivity contribution is -0.385. The first-order valence-corrected chi connectivity index (χ1v) is 5.85. The molecule has 6 nitrogen and oxygen atoms in total. The standard InChI is InChI=1S/C10H13ClN4O2/c1-3-6-4-7(6)13-9-8(15(16)17)5(2)12-10(11)14-9/h6-7H,3-4H2,1-2H3,(H,12,13,14). The number of halogens is 1. The lowest BCUT2D eigenvalue weighted by Gasteiger charge is -2.07. The van der Waals surface area contributed by atoms with Crippen molar-refractivity contribution in [3.63, 3.8) is 0 Å². The summed E-state index contributed by atoms with van der Waals surface area (Å²) in [6.07, 6.45) is 2.08. The van der Waals surface area contributed by atoms with Gasteiger partial charge in [0.25, 0.3) is 0 Å². The minimum absolute atomic E-state index is 0.0318. The van der Waals surface area contributed by atoms with E-state index in [9.17, 15) is 10.1 Å². The number of nitro groups is 1. The Bertz CT molecular complexity index is 466. The van der Waals surface area contributed by atoms with Crippen LogP contribution in [0.2, 0.25) is 5.28 Å². The van der Waals surface area contributed by atoms with Gasteiger partial charge in [-0.3, -0.25) is 10.1 Å². The molecule has 1 aliphatic rings. The Balaban J connectivity index is 2.28. The molecule has 1 heterocycles. The molecule has 0 saturated heterocycles. The number of hydrogen-bond donors (Lipinski definition) is 1. The fourth-order valence-corrected chi connectivity index (χ4v) is 2.11. The Morgan fingerprint density at radius 2 is 2.29 bits per heavy atom. The Hall–Kier alpha value is -1.43. The molecule has 1 aromatic rings. The summed E-state index contributed by atoms with van der Waals surface area (Å²) in [5, 5.41) is 14.1. The second kappa shape index (κ2) is 4.44. The van der Waals surface area contributed by atoms with Gasteiger partial charge in [0, 0.05) is 6.04 Å². The van der Waals surface area contributed by atoms with E-state index in [1.807, 2.05) is 0 Å². The van der Waals surface area contributed by atoms with Crippen LogP contribution in [0.25, 0.3) is 0 Å². The molecule has 0 amide bonds. The SMILES string of the molecule is CCC1CC1Nc1nc(Cl)nc(C)c1[N+](=O)[O-]. The third kappa shape index (κ3) is 2.46. The van der Waals surface area contributed by atoms with Gasteiger partial charge in [0.05, 0.1) is 4.92 Å². The highest BCUT2D eigenvalue weighted by Crippen LogP contribution is 2.38. The number of aryl methyl sites for hydroxylation is 1. The predicted molar refractivity (Wildman–Crippen MR) is 64.2 cm³/mol. The molecule has 7 heteroatoms.